The Morgan fingerprint density at radius 3 is 2.56 bits per heavy atom. The minimum Gasteiger partial charge on any atom is -0.240 e. The molecule has 90 valence electrons. The molecule has 0 aliphatic rings. The van der Waals surface area contributed by atoms with Crippen molar-refractivity contribution >= 4 is 23.4 Å². The normalized spacial score (nSPS) is 13.1. The van der Waals surface area contributed by atoms with Crippen LogP contribution in [-0.2, 0) is 5.75 Å². The van der Waals surface area contributed by atoms with E-state index in [0.717, 1.165) is 28.6 Å². The molecule has 0 saturated carbocycles. The van der Waals surface area contributed by atoms with E-state index in [9.17, 15) is 0 Å². The molecule has 1 atom stereocenters. The van der Waals surface area contributed by atoms with E-state index in [1.807, 2.05) is 31.8 Å². The summed E-state index contributed by atoms with van der Waals surface area (Å²) < 4.78 is 0. The van der Waals surface area contributed by atoms with Gasteiger partial charge < -0.3 is 0 Å². The third kappa shape index (κ3) is 4.30. The van der Waals surface area contributed by atoms with E-state index in [1.165, 1.54) is 0 Å². The maximum atomic E-state index is 6.02. The molecule has 0 fully saturated rings. The third-order valence-corrected chi connectivity index (χ3v) is 3.78. The highest BCUT2D eigenvalue weighted by Crippen LogP contribution is 2.21. The molecule has 0 N–H and O–H groups in total. The van der Waals surface area contributed by atoms with Gasteiger partial charge in [-0.1, -0.05) is 13.8 Å². The van der Waals surface area contributed by atoms with Gasteiger partial charge in [-0.25, -0.2) is 9.97 Å². The number of thioether (sulfide) groups is 1. The zero-order chi connectivity index (χ0) is 12.1. The first-order valence-corrected chi connectivity index (χ1v) is 7.14. The summed E-state index contributed by atoms with van der Waals surface area (Å²) >= 11 is 7.90. The maximum Gasteiger partial charge on any atom is 0.138 e. The Morgan fingerprint density at radius 1 is 1.38 bits per heavy atom. The van der Waals surface area contributed by atoms with Crippen LogP contribution in [0.15, 0.2) is 6.20 Å². The Balaban J connectivity index is 2.59. The van der Waals surface area contributed by atoms with Crippen LogP contribution < -0.4 is 0 Å². The molecule has 0 saturated heterocycles. The van der Waals surface area contributed by atoms with Gasteiger partial charge in [0, 0.05) is 17.5 Å². The molecule has 1 aromatic rings. The molecular weight excluding hydrogens is 240 g/mol. The van der Waals surface area contributed by atoms with E-state index < -0.39 is 0 Å². The molecule has 2 nitrogen and oxygen atoms in total. The van der Waals surface area contributed by atoms with Gasteiger partial charge >= 0.3 is 0 Å². The summed E-state index contributed by atoms with van der Waals surface area (Å²) in [5.41, 5.74) is 2.02. The SMILES string of the molecule is Cc1nc(CSCC(C)C)ncc1C(C)Cl. The maximum absolute atomic E-state index is 6.02. The monoisotopic (exact) mass is 258 g/mol. The molecule has 0 amide bonds. The van der Waals surface area contributed by atoms with Crippen LogP contribution in [0.3, 0.4) is 0 Å². The molecule has 1 heterocycles. The number of alkyl halides is 1. The predicted octanol–water partition coefficient (Wildman–Crippen LogP) is 3.97. The van der Waals surface area contributed by atoms with Gasteiger partial charge in [-0.3, -0.25) is 0 Å². The Morgan fingerprint density at radius 2 is 2.06 bits per heavy atom. The molecule has 1 rings (SSSR count). The van der Waals surface area contributed by atoms with Gasteiger partial charge in [0.25, 0.3) is 0 Å². The van der Waals surface area contributed by atoms with Crippen molar-refractivity contribution in [3.63, 3.8) is 0 Å². The van der Waals surface area contributed by atoms with Gasteiger partial charge in [0.05, 0.1) is 11.1 Å². The number of hydrogen-bond acceptors (Lipinski definition) is 3. The van der Waals surface area contributed by atoms with Crippen LogP contribution in [0, 0.1) is 12.8 Å². The lowest BCUT2D eigenvalue weighted by atomic mass is 10.2. The smallest absolute Gasteiger partial charge is 0.138 e. The Labute approximate surface area is 107 Å². The molecule has 0 aliphatic carbocycles. The van der Waals surface area contributed by atoms with Gasteiger partial charge in [0.2, 0.25) is 0 Å². The lowest BCUT2D eigenvalue weighted by Gasteiger charge is -2.08. The molecule has 16 heavy (non-hydrogen) atoms. The molecule has 1 aromatic heterocycles. The average Bonchev–Trinajstić information content (AvgIpc) is 2.16. The lowest BCUT2D eigenvalue weighted by molar-refractivity contribution is 0.749. The van der Waals surface area contributed by atoms with Crippen LogP contribution in [0.5, 0.6) is 0 Å². The predicted molar refractivity (Wildman–Crippen MR) is 72.0 cm³/mol. The molecule has 0 radical (unpaired) electrons. The summed E-state index contributed by atoms with van der Waals surface area (Å²) in [7, 11) is 0. The van der Waals surface area contributed by atoms with E-state index in [2.05, 4.69) is 23.8 Å². The molecular formula is C12H19ClN2S. The van der Waals surface area contributed by atoms with Crippen molar-refractivity contribution in [1.29, 1.82) is 0 Å². The highest BCUT2D eigenvalue weighted by atomic mass is 35.5. The molecule has 0 aromatic carbocycles. The molecule has 0 spiro atoms. The fraction of sp³-hybridized carbons (Fsp3) is 0.667. The Kier molecular flexibility index (Phi) is 5.56. The van der Waals surface area contributed by atoms with Gasteiger partial charge in [0.1, 0.15) is 5.82 Å². The number of hydrogen-bond donors (Lipinski definition) is 0. The van der Waals surface area contributed by atoms with Crippen molar-refractivity contribution in [3.8, 4) is 0 Å². The summed E-state index contributed by atoms with van der Waals surface area (Å²) in [5, 5.41) is -0.0163. The van der Waals surface area contributed by atoms with Crippen molar-refractivity contribution in [2.45, 2.75) is 38.8 Å². The van der Waals surface area contributed by atoms with Crippen LogP contribution in [0.1, 0.15) is 43.2 Å². The van der Waals surface area contributed by atoms with Crippen LogP contribution in [0.2, 0.25) is 0 Å². The van der Waals surface area contributed by atoms with Gasteiger partial charge in [-0.15, -0.1) is 11.6 Å². The van der Waals surface area contributed by atoms with Gasteiger partial charge in [-0.05, 0) is 25.5 Å². The van der Waals surface area contributed by atoms with E-state index >= 15 is 0 Å². The zero-order valence-electron chi connectivity index (χ0n) is 10.3. The van der Waals surface area contributed by atoms with Crippen molar-refractivity contribution in [3.05, 3.63) is 23.3 Å². The van der Waals surface area contributed by atoms with Crippen LogP contribution in [0.4, 0.5) is 0 Å². The number of aryl methyl sites for hydroxylation is 1. The topological polar surface area (TPSA) is 25.8 Å². The van der Waals surface area contributed by atoms with Crippen molar-refractivity contribution < 1.29 is 0 Å². The van der Waals surface area contributed by atoms with Crippen LogP contribution >= 0.6 is 23.4 Å². The van der Waals surface area contributed by atoms with Gasteiger partial charge in [0.15, 0.2) is 0 Å². The fourth-order valence-corrected chi connectivity index (χ4v) is 2.50. The average molecular weight is 259 g/mol. The third-order valence-electron chi connectivity index (χ3n) is 2.18. The molecule has 4 heteroatoms. The molecule has 0 aliphatic heterocycles. The van der Waals surface area contributed by atoms with Crippen molar-refractivity contribution in [2.24, 2.45) is 5.92 Å². The highest BCUT2D eigenvalue weighted by molar-refractivity contribution is 7.98. The van der Waals surface area contributed by atoms with E-state index in [1.54, 1.807) is 0 Å². The number of aromatic nitrogens is 2. The number of nitrogens with zero attached hydrogens (tertiary/aromatic N) is 2. The lowest BCUT2D eigenvalue weighted by Crippen LogP contribution is -2.01. The first-order valence-electron chi connectivity index (χ1n) is 5.55. The minimum absolute atomic E-state index is 0.0163. The first kappa shape index (κ1) is 13.8. The van der Waals surface area contributed by atoms with Gasteiger partial charge in [-0.2, -0.15) is 11.8 Å². The van der Waals surface area contributed by atoms with E-state index in [-0.39, 0.29) is 5.38 Å². The standard InChI is InChI=1S/C12H19ClN2S/c1-8(2)6-16-7-12-14-5-11(9(3)13)10(4)15-12/h5,8-9H,6-7H2,1-4H3. The molecule has 1 unspecified atom stereocenters. The van der Waals surface area contributed by atoms with E-state index in [4.69, 9.17) is 11.6 Å². The van der Waals surface area contributed by atoms with E-state index in [0.29, 0.717) is 5.92 Å². The van der Waals surface area contributed by atoms with Crippen molar-refractivity contribution in [2.75, 3.05) is 5.75 Å². The van der Waals surface area contributed by atoms with Crippen LogP contribution in [0.25, 0.3) is 0 Å². The summed E-state index contributed by atoms with van der Waals surface area (Å²) in [6.45, 7) is 8.38. The zero-order valence-corrected chi connectivity index (χ0v) is 11.9. The first-order chi connectivity index (χ1) is 7.50. The second-order valence-corrected chi connectivity index (χ2v) is 6.04. The fourth-order valence-electron chi connectivity index (χ4n) is 1.37. The molecule has 0 bridgehead atoms. The highest BCUT2D eigenvalue weighted by Gasteiger charge is 2.08. The summed E-state index contributed by atoms with van der Waals surface area (Å²) in [4.78, 5) is 8.82. The number of rotatable bonds is 5. The number of halogens is 1. The van der Waals surface area contributed by atoms with Crippen LogP contribution in [-0.4, -0.2) is 15.7 Å². The quantitative estimate of drug-likeness (QED) is 0.748. The summed E-state index contributed by atoms with van der Waals surface area (Å²) in [6.07, 6.45) is 1.85. The second-order valence-electron chi connectivity index (χ2n) is 4.35. The summed E-state index contributed by atoms with van der Waals surface area (Å²) in [5.74, 6) is 3.66. The van der Waals surface area contributed by atoms with Crippen molar-refractivity contribution in [1.82, 2.24) is 9.97 Å². The minimum atomic E-state index is -0.0163. The largest absolute Gasteiger partial charge is 0.240 e. The summed E-state index contributed by atoms with van der Waals surface area (Å²) in [6, 6.07) is 0. The Bertz CT molecular complexity index is 340. The Hall–Kier alpha value is -0.280. The second kappa shape index (κ2) is 6.45.